The third kappa shape index (κ3) is 1.99. The highest BCUT2D eigenvalue weighted by Crippen LogP contribution is 2.09. The van der Waals surface area contributed by atoms with E-state index in [1.54, 1.807) is 0 Å². The van der Waals surface area contributed by atoms with E-state index in [1.165, 1.54) is 0 Å². The molecule has 0 amide bonds. The second kappa shape index (κ2) is 4.12. The van der Waals surface area contributed by atoms with Gasteiger partial charge in [-0.2, -0.15) is 0 Å². The summed E-state index contributed by atoms with van der Waals surface area (Å²) in [7, 11) is 0. The molecule has 2 N–H and O–H groups in total. The Kier molecular flexibility index (Phi) is 3.77. The molecular formula is C6H4MgO5. The van der Waals surface area contributed by atoms with Gasteiger partial charge in [-0.25, -0.2) is 9.59 Å². The average molecular weight is 180 g/mol. The highest BCUT2D eigenvalue weighted by molar-refractivity contribution is 5.99. The zero-order valence-corrected chi connectivity index (χ0v) is 7.40. The summed E-state index contributed by atoms with van der Waals surface area (Å²) in [5.41, 5.74) is -0.336. The molecule has 2 radical (unpaired) electrons. The molecular weight excluding hydrogens is 176 g/mol. The maximum absolute atomic E-state index is 10.3. The third-order valence-electron chi connectivity index (χ3n) is 1.09. The standard InChI is InChI=1S/C6H4O5.Mg/c7-5(8)3-1-2-11-4(3)6(9)10;/h1-2H,(H,7,8)(H,9,10);. The van der Waals surface area contributed by atoms with E-state index in [0.29, 0.717) is 0 Å². The van der Waals surface area contributed by atoms with Crippen LogP contribution < -0.4 is 0 Å². The third-order valence-corrected chi connectivity index (χ3v) is 1.09. The van der Waals surface area contributed by atoms with Crippen molar-refractivity contribution in [3.63, 3.8) is 0 Å². The van der Waals surface area contributed by atoms with Crippen LogP contribution in [0.4, 0.5) is 0 Å². The molecule has 1 rings (SSSR count). The van der Waals surface area contributed by atoms with Crippen molar-refractivity contribution in [1.29, 1.82) is 0 Å². The molecule has 1 aromatic rings. The van der Waals surface area contributed by atoms with Gasteiger partial charge in [0.15, 0.2) is 0 Å². The van der Waals surface area contributed by atoms with Gasteiger partial charge in [-0.1, -0.05) is 0 Å². The molecule has 5 nitrogen and oxygen atoms in total. The van der Waals surface area contributed by atoms with Crippen molar-refractivity contribution in [3.05, 3.63) is 23.7 Å². The van der Waals surface area contributed by atoms with Crippen LogP contribution >= 0.6 is 0 Å². The van der Waals surface area contributed by atoms with E-state index in [0.717, 1.165) is 12.3 Å². The second-order valence-electron chi connectivity index (χ2n) is 1.77. The summed E-state index contributed by atoms with van der Waals surface area (Å²) >= 11 is 0. The van der Waals surface area contributed by atoms with Crippen LogP contribution in [0.2, 0.25) is 0 Å². The number of hydrogen-bond donors (Lipinski definition) is 2. The largest absolute Gasteiger partial charge is 0.478 e. The fourth-order valence-corrected chi connectivity index (χ4v) is 0.643. The minimum absolute atomic E-state index is 0. The molecule has 0 unspecified atom stereocenters. The van der Waals surface area contributed by atoms with Gasteiger partial charge in [0.2, 0.25) is 5.76 Å². The van der Waals surface area contributed by atoms with Crippen molar-refractivity contribution < 1.29 is 24.2 Å². The van der Waals surface area contributed by atoms with Crippen molar-refractivity contribution in [2.45, 2.75) is 0 Å². The molecule has 6 heteroatoms. The molecule has 0 aliphatic rings. The monoisotopic (exact) mass is 180 g/mol. The van der Waals surface area contributed by atoms with Gasteiger partial charge in [0, 0.05) is 23.1 Å². The zero-order chi connectivity index (χ0) is 8.43. The van der Waals surface area contributed by atoms with Crippen LogP contribution in [0.1, 0.15) is 20.9 Å². The lowest BCUT2D eigenvalue weighted by atomic mass is 10.2. The maximum Gasteiger partial charge on any atom is 0.372 e. The summed E-state index contributed by atoms with van der Waals surface area (Å²) in [6.45, 7) is 0. The first-order valence-corrected chi connectivity index (χ1v) is 2.67. The van der Waals surface area contributed by atoms with Gasteiger partial charge in [0.05, 0.1) is 6.26 Å². The van der Waals surface area contributed by atoms with E-state index in [4.69, 9.17) is 10.2 Å². The van der Waals surface area contributed by atoms with Crippen LogP contribution in [0.25, 0.3) is 0 Å². The minimum atomic E-state index is -1.38. The lowest BCUT2D eigenvalue weighted by molar-refractivity contribution is 0.0626. The Hall–Kier alpha value is -1.01. The van der Waals surface area contributed by atoms with E-state index < -0.39 is 17.7 Å². The highest BCUT2D eigenvalue weighted by atomic mass is 24.3. The molecule has 1 heterocycles. The van der Waals surface area contributed by atoms with E-state index in [-0.39, 0.29) is 28.6 Å². The van der Waals surface area contributed by atoms with Crippen molar-refractivity contribution >= 4 is 35.0 Å². The van der Waals surface area contributed by atoms with E-state index >= 15 is 0 Å². The normalized spacial score (nSPS) is 8.67. The molecule has 0 aliphatic heterocycles. The van der Waals surface area contributed by atoms with Crippen LogP contribution in [0.3, 0.4) is 0 Å². The van der Waals surface area contributed by atoms with E-state index in [2.05, 4.69) is 4.42 Å². The Morgan fingerprint density at radius 3 is 2.17 bits per heavy atom. The van der Waals surface area contributed by atoms with Crippen LogP contribution in [-0.4, -0.2) is 45.2 Å². The number of carboxylic acids is 2. The van der Waals surface area contributed by atoms with Gasteiger partial charge in [0.1, 0.15) is 5.56 Å². The Bertz CT molecular complexity index is 274. The van der Waals surface area contributed by atoms with E-state index in [9.17, 15) is 9.59 Å². The first-order chi connectivity index (χ1) is 5.13. The topological polar surface area (TPSA) is 87.7 Å². The predicted octanol–water partition coefficient (Wildman–Crippen LogP) is 0.295. The number of hydrogen-bond acceptors (Lipinski definition) is 3. The fraction of sp³-hybridized carbons (Fsp3) is 0. The summed E-state index contributed by atoms with van der Waals surface area (Å²) in [5.74, 6) is -3.24. The fourth-order valence-electron chi connectivity index (χ4n) is 0.643. The lowest BCUT2D eigenvalue weighted by Gasteiger charge is -1.88. The van der Waals surface area contributed by atoms with Gasteiger partial charge < -0.3 is 14.6 Å². The average Bonchev–Trinajstić information content (AvgIpc) is 2.32. The molecule has 0 atom stereocenters. The highest BCUT2D eigenvalue weighted by Gasteiger charge is 2.18. The molecule has 0 bridgehead atoms. The maximum atomic E-state index is 10.3. The van der Waals surface area contributed by atoms with E-state index in [1.807, 2.05) is 0 Å². The lowest BCUT2D eigenvalue weighted by Crippen LogP contribution is -2.03. The number of furan rings is 1. The van der Waals surface area contributed by atoms with Crippen molar-refractivity contribution in [2.24, 2.45) is 0 Å². The molecule has 12 heavy (non-hydrogen) atoms. The van der Waals surface area contributed by atoms with Gasteiger partial charge >= 0.3 is 11.9 Å². The summed E-state index contributed by atoms with van der Waals surface area (Å²) in [4.78, 5) is 20.5. The first kappa shape index (κ1) is 11.0. The van der Waals surface area contributed by atoms with Crippen LogP contribution in [0, 0.1) is 0 Å². The van der Waals surface area contributed by atoms with Crippen molar-refractivity contribution in [1.82, 2.24) is 0 Å². The van der Waals surface area contributed by atoms with Crippen molar-refractivity contribution in [2.75, 3.05) is 0 Å². The quantitative estimate of drug-likeness (QED) is 0.639. The van der Waals surface area contributed by atoms with Crippen LogP contribution in [0.5, 0.6) is 0 Å². The first-order valence-electron chi connectivity index (χ1n) is 2.67. The Balaban J connectivity index is 0.00000121. The molecule has 0 fully saturated rings. The summed E-state index contributed by atoms with van der Waals surface area (Å²) in [6, 6.07) is 1.09. The number of carbonyl (C=O) groups is 2. The predicted molar refractivity (Wildman–Crippen MR) is 38.4 cm³/mol. The molecule has 0 aliphatic carbocycles. The number of carboxylic acid groups (broad SMARTS) is 2. The summed E-state index contributed by atoms with van der Waals surface area (Å²) in [6.07, 6.45) is 1.02. The molecule has 60 valence electrons. The van der Waals surface area contributed by atoms with Gasteiger partial charge in [-0.3, -0.25) is 0 Å². The molecule has 0 aromatic carbocycles. The Labute approximate surface area is 83.1 Å². The molecule has 0 spiro atoms. The summed E-state index contributed by atoms with van der Waals surface area (Å²) in [5, 5.41) is 16.7. The van der Waals surface area contributed by atoms with Crippen LogP contribution in [0.15, 0.2) is 16.7 Å². The van der Waals surface area contributed by atoms with Gasteiger partial charge in [-0.15, -0.1) is 0 Å². The number of rotatable bonds is 2. The van der Waals surface area contributed by atoms with Gasteiger partial charge in [-0.05, 0) is 6.07 Å². The molecule has 0 saturated carbocycles. The zero-order valence-electron chi connectivity index (χ0n) is 5.98. The molecule has 1 aromatic heterocycles. The minimum Gasteiger partial charge on any atom is -0.478 e. The van der Waals surface area contributed by atoms with Crippen molar-refractivity contribution in [3.8, 4) is 0 Å². The Morgan fingerprint density at radius 1 is 1.25 bits per heavy atom. The number of aromatic carboxylic acids is 2. The molecule has 0 saturated heterocycles. The SMILES string of the molecule is O=C(O)c1ccoc1C(=O)O.[Mg]. The van der Waals surface area contributed by atoms with Crippen LogP contribution in [-0.2, 0) is 0 Å². The Morgan fingerprint density at radius 2 is 1.83 bits per heavy atom. The smallest absolute Gasteiger partial charge is 0.372 e. The second-order valence-corrected chi connectivity index (χ2v) is 1.77. The van der Waals surface area contributed by atoms with Gasteiger partial charge in [0.25, 0.3) is 0 Å². The summed E-state index contributed by atoms with van der Waals surface area (Å²) < 4.78 is 4.41.